The van der Waals surface area contributed by atoms with Gasteiger partial charge in [0, 0.05) is 12.7 Å². The highest BCUT2D eigenvalue weighted by Crippen LogP contribution is 2.23. The van der Waals surface area contributed by atoms with Crippen LogP contribution in [0.2, 0.25) is 5.02 Å². The van der Waals surface area contributed by atoms with Gasteiger partial charge in [0.15, 0.2) is 0 Å². The van der Waals surface area contributed by atoms with Gasteiger partial charge in [-0.3, -0.25) is 0 Å². The fourth-order valence-corrected chi connectivity index (χ4v) is 2.08. The maximum absolute atomic E-state index is 8.92. The van der Waals surface area contributed by atoms with Crippen molar-refractivity contribution in [2.24, 2.45) is 0 Å². The molecule has 0 amide bonds. The zero-order valence-corrected chi connectivity index (χ0v) is 12.3. The van der Waals surface area contributed by atoms with Crippen molar-refractivity contribution in [2.75, 3.05) is 5.32 Å². The molecular formula is C16H16ClN3. The average molecular weight is 286 g/mol. The first-order valence-corrected chi connectivity index (χ1v) is 6.87. The summed E-state index contributed by atoms with van der Waals surface area (Å²) in [5.74, 6) is 1.07. The van der Waals surface area contributed by atoms with Crippen molar-refractivity contribution >= 4 is 17.4 Å². The van der Waals surface area contributed by atoms with Gasteiger partial charge in [-0.05, 0) is 23.1 Å². The van der Waals surface area contributed by atoms with Gasteiger partial charge in [0.1, 0.15) is 16.9 Å². The molecule has 102 valence electrons. The number of benzene rings is 1. The lowest BCUT2D eigenvalue weighted by molar-refractivity contribution is 0.865. The fraction of sp³-hybridized carbons (Fsp3) is 0.250. The molecule has 0 fully saturated rings. The predicted molar refractivity (Wildman–Crippen MR) is 81.8 cm³/mol. The van der Waals surface area contributed by atoms with Gasteiger partial charge in [0.05, 0.1) is 5.56 Å². The highest BCUT2D eigenvalue weighted by Gasteiger charge is 2.06. The van der Waals surface area contributed by atoms with Crippen LogP contribution in [0.3, 0.4) is 0 Å². The molecule has 0 aliphatic carbocycles. The molecule has 0 aliphatic rings. The lowest BCUT2D eigenvalue weighted by Gasteiger charge is -2.10. The third-order valence-corrected chi connectivity index (χ3v) is 3.50. The molecule has 0 bridgehead atoms. The molecule has 0 atom stereocenters. The maximum atomic E-state index is 8.92. The minimum absolute atomic E-state index is 0.369. The van der Waals surface area contributed by atoms with E-state index in [-0.39, 0.29) is 0 Å². The molecular weight excluding hydrogens is 270 g/mol. The van der Waals surface area contributed by atoms with Gasteiger partial charge in [0.2, 0.25) is 0 Å². The van der Waals surface area contributed by atoms with Crippen LogP contribution in [0.25, 0.3) is 0 Å². The molecule has 1 heterocycles. The van der Waals surface area contributed by atoms with Crippen LogP contribution in [0.4, 0.5) is 5.82 Å². The van der Waals surface area contributed by atoms with Crippen LogP contribution in [0, 0.1) is 11.3 Å². The van der Waals surface area contributed by atoms with Crippen LogP contribution >= 0.6 is 11.6 Å². The van der Waals surface area contributed by atoms with Crippen LogP contribution < -0.4 is 5.32 Å². The second-order valence-electron chi connectivity index (χ2n) is 4.88. The minimum Gasteiger partial charge on any atom is -0.365 e. The molecule has 4 heteroatoms. The summed E-state index contributed by atoms with van der Waals surface area (Å²) in [7, 11) is 0. The van der Waals surface area contributed by atoms with Gasteiger partial charge in [-0.15, -0.1) is 0 Å². The third-order valence-electron chi connectivity index (χ3n) is 3.12. The Morgan fingerprint density at radius 1 is 1.25 bits per heavy atom. The molecule has 1 aromatic carbocycles. The molecule has 2 aromatic rings. The molecule has 0 aliphatic heterocycles. The summed E-state index contributed by atoms with van der Waals surface area (Å²) in [5, 5.41) is 12.4. The maximum Gasteiger partial charge on any atom is 0.146 e. The molecule has 20 heavy (non-hydrogen) atoms. The summed E-state index contributed by atoms with van der Waals surface area (Å²) in [6.07, 6.45) is 1.58. The summed E-state index contributed by atoms with van der Waals surface area (Å²) in [5.41, 5.74) is 2.89. The quantitative estimate of drug-likeness (QED) is 0.909. The van der Waals surface area contributed by atoms with E-state index in [1.165, 1.54) is 5.56 Å². The second kappa shape index (κ2) is 6.40. The van der Waals surface area contributed by atoms with E-state index in [0.717, 1.165) is 5.56 Å². The number of aromatic nitrogens is 1. The molecule has 1 N–H and O–H groups in total. The summed E-state index contributed by atoms with van der Waals surface area (Å²) in [6.45, 7) is 4.97. The summed E-state index contributed by atoms with van der Waals surface area (Å²) >= 11 is 6.09. The lowest BCUT2D eigenvalue weighted by Crippen LogP contribution is -2.03. The molecule has 3 nitrogen and oxygen atoms in total. The minimum atomic E-state index is 0.369. The highest BCUT2D eigenvalue weighted by atomic mass is 35.5. The van der Waals surface area contributed by atoms with Crippen molar-refractivity contribution < 1.29 is 0 Å². The van der Waals surface area contributed by atoms with Gasteiger partial charge in [-0.1, -0.05) is 49.7 Å². The number of nitriles is 1. The smallest absolute Gasteiger partial charge is 0.146 e. The van der Waals surface area contributed by atoms with E-state index in [1.807, 2.05) is 6.07 Å². The molecule has 0 saturated carbocycles. The SMILES string of the molecule is CC(C)c1ccc(CNc2nccc(C#N)c2Cl)cc1. The molecule has 0 radical (unpaired) electrons. The van der Waals surface area contributed by atoms with Crippen LogP contribution in [0.5, 0.6) is 0 Å². The summed E-state index contributed by atoms with van der Waals surface area (Å²) in [6, 6.07) is 12.1. The predicted octanol–water partition coefficient (Wildman–Crippen LogP) is 4.34. The Bertz CT molecular complexity index is 627. The van der Waals surface area contributed by atoms with Crippen molar-refractivity contribution in [3.05, 3.63) is 58.2 Å². The monoisotopic (exact) mass is 285 g/mol. The van der Waals surface area contributed by atoms with Gasteiger partial charge >= 0.3 is 0 Å². The second-order valence-corrected chi connectivity index (χ2v) is 5.26. The van der Waals surface area contributed by atoms with E-state index >= 15 is 0 Å². The largest absolute Gasteiger partial charge is 0.365 e. The first kappa shape index (κ1) is 14.4. The van der Waals surface area contributed by atoms with Gasteiger partial charge in [0.25, 0.3) is 0 Å². The Morgan fingerprint density at radius 3 is 2.55 bits per heavy atom. The Labute approximate surface area is 124 Å². The van der Waals surface area contributed by atoms with Gasteiger partial charge < -0.3 is 5.32 Å². The Morgan fingerprint density at radius 2 is 1.95 bits per heavy atom. The van der Waals surface area contributed by atoms with E-state index in [4.69, 9.17) is 16.9 Å². The van der Waals surface area contributed by atoms with Crippen molar-refractivity contribution in [1.29, 1.82) is 5.26 Å². The zero-order valence-electron chi connectivity index (χ0n) is 11.5. The Kier molecular flexibility index (Phi) is 4.60. The summed E-state index contributed by atoms with van der Waals surface area (Å²) < 4.78 is 0. The molecule has 1 aromatic heterocycles. The van der Waals surface area contributed by atoms with Crippen molar-refractivity contribution in [3.63, 3.8) is 0 Å². The number of hydrogen-bond acceptors (Lipinski definition) is 3. The van der Waals surface area contributed by atoms with E-state index in [0.29, 0.717) is 28.9 Å². The number of rotatable bonds is 4. The Balaban J connectivity index is 2.07. The molecule has 0 saturated heterocycles. The number of pyridine rings is 1. The number of halogens is 1. The molecule has 2 rings (SSSR count). The molecule has 0 spiro atoms. The summed E-state index contributed by atoms with van der Waals surface area (Å²) in [4.78, 5) is 4.15. The Hall–Kier alpha value is -2.05. The van der Waals surface area contributed by atoms with Crippen LogP contribution in [-0.4, -0.2) is 4.98 Å². The third kappa shape index (κ3) is 3.28. The standard InChI is InChI=1S/C16H16ClN3/c1-11(2)13-5-3-12(4-6-13)10-20-16-15(17)14(9-18)7-8-19-16/h3-8,11H,10H2,1-2H3,(H,19,20). The lowest BCUT2D eigenvalue weighted by atomic mass is 10.0. The van der Waals surface area contributed by atoms with Crippen molar-refractivity contribution in [2.45, 2.75) is 26.3 Å². The number of anilines is 1. The van der Waals surface area contributed by atoms with Gasteiger partial charge in [-0.25, -0.2) is 4.98 Å². The van der Waals surface area contributed by atoms with Crippen LogP contribution in [0.1, 0.15) is 36.5 Å². The average Bonchev–Trinajstić information content (AvgIpc) is 2.46. The zero-order chi connectivity index (χ0) is 14.5. The highest BCUT2D eigenvalue weighted by molar-refractivity contribution is 6.34. The normalized spacial score (nSPS) is 10.3. The van der Waals surface area contributed by atoms with Crippen molar-refractivity contribution in [3.8, 4) is 6.07 Å². The first-order valence-electron chi connectivity index (χ1n) is 6.49. The van der Waals surface area contributed by atoms with Crippen molar-refractivity contribution in [1.82, 2.24) is 4.98 Å². The topological polar surface area (TPSA) is 48.7 Å². The van der Waals surface area contributed by atoms with Gasteiger partial charge in [-0.2, -0.15) is 5.26 Å². The number of hydrogen-bond donors (Lipinski definition) is 1. The van der Waals surface area contributed by atoms with E-state index in [2.05, 4.69) is 48.4 Å². The molecule has 0 unspecified atom stereocenters. The van der Waals surface area contributed by atoms with E-state index in [1.54, 1.807) is 12.3 Å². The van der Waals surface area contributed by atoms with Crippen LogP contribution in [0.15, 0.2) is 36.5 Å². The number of nitrogens with zero attached hydrogens (tertiary/aromatic N) is 2. The van der Waals surface area contributed by atoms with E-state index < -0.39 is 0 Å². The number of nitrogens with one attached hydrogen (secondary N) is 1. The van der Waals surface area contributed by atoms with Crippen LogP contribution in [-0.2, 0) is 6.54 Å². The van der Waals surface area contributed by atoms with E-state index in [9.17, 15) is 0 Å². The fourth-order valence-electron chi connectivity index (χ4n) is 1.86. The first-order chi connectivity index (χ1) is 9.61.